The predicted octanol–water partition coefficient (Wildman–Crippen LogP) is 3.84. The third kappa shape index (κ3) is 3.35. The van der Waals surface area contributed by atoms with Crippen LogP contribution in [0.3, 0.4) is 0 Å². The number of hydrogen-bond donors (Lipinski definition) is 1. The molecule has 0 fully saturated rings. The molecule has 1 N–H and O–H groups in total. The first-order valence-corrected chi connectivity index (χ1v) is 9.04. The second kappa shape index (κ2) is 6.80. The quantitative estimate of drug-likeness (QED) is 0.773. The van der Waals surface area contributed by atoms with Crippen LogP contribution in [0.2, 0.25) is 0 Å². The first-order valence-electron chi connectivity index (χ1n) is 8.22. The van der Waals surface area contributed by atoms with E-state index < -0.39 is 0 Å². The number of rotatable bonds is 4. The van der Waals surface area contributed by atoms with E-state index in [0.29, 0.717) is 11.3 Å². The average molecular weight is 355 g/mol. The molecule has 0 spiro atoms. The van der Waals surface area contributed by atoms with E-state index in [1.165, 1.54) is 22.2 Å². The van der Waals surface area contributed by atoms with Crippen LogP contribution < -0.4 is 10.9 Å². The van der Waals surface area contributed by atoms with Crippen LogP contribution in [0.5, 0.6) is 0 Å². The summed E-state index contributed by atoms with van der Waals surface area (Å²) >= 11 is 1.50. The second-order valence-corrected chi connectivity index (χ2v) is 7.63. The van der Waals surface area contributed by atoms with Crippen LogP contribution in [0, 0.1) is 13.8 Å². The van der Waals surface area contributed by atoms with Crippen molar-refractivity contribution in [3.05, 3.63) is 57.0 Å². The summed E-state index contributed by atoms with van der Waals surface area (Å²) in [5.74, 6) is 0.0645. The molecule has 0 aliphatic heterocycles. The van der Waals surface area contributed by atoms with Crippen LogP contribution in [0.4, 0.5) is 5.69 Å². The first kappa shape index (κ1) is 17.4. The van der Waals surface area contributed by atoms with Gasteiger partial charge in [0.15, 0.2) is 0 Å². The third-order valence-corrected chi connectivity index (χ3v) is 5.44. The van der Waals surface area contributed by atoms with E-state index in [1.54, 1.807) is 0 Å². The maximum Gasteiger partial charge on any atom is 0.262 e. The molecule has 2 heterocycles. The molecular formula is C19H21N3O2S. The Morgan fingerprint density at radius 3 is 2.72 bits per heavy atom. The molecular weight excluding hydrogens is 334 g/mol. The van der Waals surface area contributed by atoms with Gasteiger partial charge in [-0.1, -0.05) is 32.0 Å². The first-order chi connectivity index (χ1) is 11.9. The molecule has 6 heteroatoms. The lowest BCUT2D eigenvalue weighted by molar-refractivity contribution is -0.116. The Balaban J connectivity index is 1.87. The van der Waals surface area contributed by atoms with E-state index in [1.807, 2.05) is 38.1 Å². The minimum absolute atomic E-state index is 0.0530. The number of thiophene rings is 1. The van der Waals surface area contributed by atoms with Crippen molar-refractivity contribution in [3.63, 3.8) is 0 Å². The molecule has 2 aromatic heterocycles. The highest BCUT2D eigenvalue weighted by atomic mass is 32.1. The standard InChI is InChI=1S/C19H21N3O2S/c1-11(2)14-7-5-6-8-15(14)21-16(23)9-22-10-20-18-17(19(22)24)12(3)13(4)25-18/h5-8,10-11H,9H2,1-4H3,(H,21,23). The number of amides is 1. The highest BCUT2D eigenvalue weighted by molar-refractivity contribution is 7.18. The zero-order valence-electron chi connectivity index (χ0n) is 14.8. The average Bonchev–Trinajstić information content (AvgIpc) is 2.86. The maximum atomic E-state index is 12.7. The van der Waals surface area contributed by atoms with Gasteiger partial charge in [-0.05, 0) is 37.0 Å². The number of carbonyl (C=O) groups is 1. The Kier molecular flexibility index (Phi) is 4.72. The predicted molar refractivity (Wildman–Crippen MR) is 103 cm³/mol. The molecule has 0 saturated heterocycles. The summed E-state index contributed by atoms with van der Waals surface area (Å²) in [7, 11) is 0. The van der Waals surface area contributed by atoms with Gasteiger partial charge in [-0.3, -0.25) is 14.2 Å². The van der Waals surface area contributed by atoms with Gasteiger partial charge in [-0.15, -0.1) is 11.3 Å². The molecule has 25 heavy (non-hydrogen) atoms. The van der Waals surface area contributed by atoms with Gasteiger partial charge in [-0.25, -0.2) is 4.98 Å². The molecule has 3 rings (SSSR count). The molecule has 1 aromatic carbocycles. The number of anilines is 1. The van der Waals surface area contributed by atoms with Gasteiger partial charge in [0, 0.05) is 10.6 Å². The number of nitrogens with zero attached hydrogens (tertiary/aromatic N) is 2. The second-order valence-electron chi connectivity index (χ2n) is 6.43. The summed E-state index contributed by atoms with van der Waals surface area (Å²) in [5.41, 5.74) is 2.63. The number of carbonyl (C=O) groups excluding carboxylic acids is 1. The van der Waals surface area contributed by atoms with Gasteiger partial charge in [0.25, 0.3) is 5.56 Å². The number of fused-ring (bicyclic) bond motifs is 1. The summed E-state index contributed by atoms with van der Waals surface area (Å²) in [6.07, 6.45) is 1.45. The summed E-state index contributed by atoms with van der Waals surface area (Å²) in [6.45, 7) is 7.99. The summed E-state index contributed by atoms with van der Waals surface area (Å²) in [4.78, 5) is 31.2. The summed E-state index contributed by atoms with van der Waals surface area (Å²) in [5, 5.41) is 3.52. The molecule has 3 aromatic rings. The van der Waals surface area contributed by atoms with E-state index in [4.69, 9.17) is 0 Å². The zero-order valence-corrected chi connectivity index (χ0v) is 15.6. The van der Waals surface area contributed by atoms with Gasteiger partial charge < -0.3 is 5.32 Å². The van der Waals surface area contributed by atoms with Crippen molar-refractivity contribution < 1.29 is 4.79 Å². The summed E-state index contributed by atoms with van der Waals surface area (Å²) < 4.78 is 1.37. The topological polar surface area (TPSA) is 64.0 Å². The Morgan fingerprint density at radius 2 is 2.00 bits per heavy atom. The maximum absolute atomic E-state index is 12.7. The van der Waals surface area contributed by atoms with E-state index in [2.05, 4.69) is 24.1 Å². The van der Waals surface area contributed by atoms with Gasteiger partial charge in [0.2, 0.25) is 5.91 Å². The molecule has 0 aliphatic carbocycles. The third-order valence-electron chi connectivity index (χ3n) is 4.33. The Bertz CT molecular complexity index is 1000. The van der Waals surface area contributed by atoms with Crippen LogP contribution in [0.15, 0.2) is 35.4 Å². The Morgan fingerprint density at radius 1 is 1.28 bits per heavy atom. The zero-order chi connectivity index (χ0) is 18.1. The van der Waals surface area contributed by atoms with Crippen molar-refractivity contribution in [1.29, 1.82) is 0 Å². The molecule has 0 bridgehead atoms. The van der Waals surface area contributed by atoms with E-state index in [9.17, 15) is 9.59 Å². The van der Waals surface area contributed by atoms with Gasteiger partial charge in [0.1, 0.15) is 11.4 Å². The monoisotopic (exact) mass is 355 g/mol. The van der Waals surface area contributed by atoms with Crippen molar-refractivity contribution in [1.82, 2.24) is 9.55 Å². The molecule has 0 saturated carbocycles. The van der Waals surface area contributed by atoms with Crippen molar-refractivity contribution in [2.75, 3.05) is 5.32 Å². The van der Waals surface area contributed by atoms with Crippen LogP contribution in [-0.2, 0) is 11.3 Å². The largest absolute Gasteiger partial charge is 0.324 e. The molecule has 5 nitrogen and oxygen atoms in total. The molecule has 0 unspecified atom stereocenters. The lowest BCUT2D eigenvalue weighted by Gasteiger charge is -2.14. The Hall–Kier alpha value is -2.47. The lowest BCUT2D eigenvalue weighted by atomic mass is 10.0. The Labute approximate surface area is 150 Å². The van der Waals surface area contributed by atoms with Gasteiger partial charge >= 0.3 is 0 Å². The number of nitrogens with one attached hydrogen (secondary N) is 1. The van der Waals surface area contributed by atoms with Gasteiger partial charge in [-0.2, -0.15) is 0 Å². The van der Waals surface area contributed by atoms with Gasteiger partial charge in [0.05, 0.1) is 11.7 Å². The summed E-state index contributed by atoms with van der Waals surface area (Å²) in [6, 6.07) is 7.72. The van der Waals surface area contributed by atoms with E-state index >= 15 is 0 Å². The molecule has 0 radical (unpaired) electrons. The van der Waals surface area contributed by atoms with Crippen LogP contribution in [-0.4, -0.2) is 15.5 Å². The highest BCUT2D eigenvalue weighted by Crippen LogP contribution is 2.26. The smallest absolute Gasteiger partial charge is 0.262 e. The van der Waals surface area contributed by atoms with Crippen molar-refractivity contribution in [2.45, 2.75) is 40.2 Å². The number of benzene rings is 1. The van der Waals surface area contributed by atoms with Crippen molar-refractivity contribution >= 4 is 33.1 Å². The molecule has 0 aliphatic rings. The molecule has 130 valence electrons. The number of para-hydroxylation sites is 1. The lowest BCUT2D eigenvalue weighted by Crippen LogP contribution is -2.28. The van der Waals surface area contributed by atoms with Crippen molar-refractivity contribution in [2.24, 2.45) is 0 Å². The molecule has 1 amide bonds. The fourth-order valence-corrected chi connectivity index (χ4v) is 3.83. The number of aromatic nitrogens is 2. The van der Waals surface area contributed by atoms with Crippen molar-refractivity contribution in [3.8, 4) is 0 Å². The minimum Gasteiger partial charge on any atom is -0.324 e. The van der Waals surface area contributed by atoms with E-state index in [0.717, 1.165) is 26.5 Å². The number of aryl methyl sites for hydroxylation is 2. The SMILES string of the molecule is Cc1sc2ncn(CC(=O)Nc3ccccc3C(C)C)c(=O)c2c1C. The number of hydrogen-bond acceptors (Lipinski definition) is 4. The minimum atomic E-state index is -0.235. The normalized spacial score (nSPS) is 11.2. The molecule has 0 atom stereocenters. The van der Waals surface area contributed by atoms with E-state index in [-0.39, 0.29) is 18.0 Å². The van der Waals surface area contributed by atoms with Crippen LogP contribution in [0.1, 0.15) is 35.8 Å². The van der Waals surface area contributed by atoms with Crippen LogP contribution in [0.25, 0.3) is 10.2 Å². The fraction of sp³-hybridized carbons (Fsp3) is 0.316. The highest BCUT2D eigenvalue weighted by Gasteiger charge is 2.14. The van der Waals surface area contributed by atoms with Crippen LogP contribution >= 0.6 is 11.3 Å². The fourth-order valence-electron chi connectivity index (χ4n) is 2.84.